The van der Waals surface area contributed by atoms with E-state index in [9.17, 15) is 9.59 Å². The number of carbonyl (C=O) groups is 2. The number of nitrogens with one attached hydrogen (secondary N) is 1. The van der Waals surface area contributed by atoms with E-state index < -0.39 is 6.04 Å². The molecule has 2 aromatic rings. The van der Waals surface area contributed by atoms with Gasteiger partial charge in [-0.25, -0.2) is 0 Å². The molecule has 1 aliphatic carbocycles. The van der Waals surface area contributed by atoms with Crippen molar-refractivity contribution in [3.63, 3.8) is 0 Å². The number of hydrogen-bond acceptors (Lipinski definition) is 4. The van der Waals surface area contributed by atoms with Gasteiger partial charge in [0.15, 0.2) is 0 Å². The lowest BCUT2D eigenvalue weighted by molar-refractivity contribution is -0.139. The number of benzene rings is 2. The first-order chi connectivity index (χ1) is 16.0. The van der Waals surface area contributed by atoms with E-state index in [1.54, 1.807) is 0 Å². The van der Waals surface area contributed by atoms with Gasteiger partial charge in [0.25, 0.3) is 0 Å². The van der Waals surface area contributed by atoms with Crippen molar-refractivity contribution in [2.24, 2.45) is 11.7 Å². The second-order valence-corrected chi connectivity index (χ2v) is 9.44. The number of amides is 2. The summed E-state index contributed by atoms with van der Waals surface area (Å²) in [5.74, 6) is 0.169. The van der Waals surface area contributed by atoms with Gasteiger partial charge in [0, 0.05) is 44.7 Å². The van der Waals surface area contributed by atoms with Gasteiger partial charge in [-0.1, -0.05) is 60.2 Å². The summed E-state index contributed by atoms with van der Waals surface area (Å²) in [6.07, 6.45) is 3.48. The largest absolute Gasteiger partial charge is 0.353 e. The minimum atomic E-state index is -0.410. The molecular formula is C27H36N4O2. The second-order valence-electron chi connectivity index (χ2n) is 9.44. The molecular weight excluding hydrogens is 412 g/mol. The van der Waals surface area contributed by atoms with Crippen molar-refractivity contribution in [2.45, 2.75) is 51.2 Å². The van der Waals surface area contributed by atoms with E-state index in [1.165, 1.54) is 16.7 Å². The number of hydrogen-bond donors (Lipinski definition) is 2. The van der Waals surface area contributed by atoms with Gasteiger partial charge in [-0.3, -0.25) is 14.5 Å². The quantitative estimate of drug-likeness (QED) is 0.585. The van der Waals surface area contributed by atoms with Crippen LogP contribution < -0.4 is 11.1 Å². The third kappa shape index (κ3) is 6.21. The van der Waals surface area contributed by atoms with Gasteiger partial charge in [-0.2, -0.15) is 0 Å². The zero-order valence-corrected chi connectivity index (χ0v) is 19.6. The molecule has 33 heavy (non-hydrogen) atoms. The van der Waals surface area contributed by atoms with E-state index in [1.807, 2.05) is 11.0 Å². The molecule has 0 bridgehead atoms. The first-order valence-electron chi connectivity index (χ1n) is 12.2. The minimum absolute atomic E-state index is 0.0738. The molecule has 1 saturated heterocycles. The van der Waals surface area contributed by atoms with Crippen LogP contribution in [0.15, 0.2) is 54.6 Å². The smallest absolute Gasteiger partial charge is 0.242 e. The molecule has 0 radical (unpaired) electrons. The Hall–Kier alpha value is -2.70. The van der Waals surface area contributed by atoms with Crippen LogP contribution in [-0.2, 0) is 22.6 Å². The summed E-state index contributed by atoms with van der Waals surface area (Å²) >= 11 is 0. The van der Waals surface area contributed by atoms with E-state index in [-0.39, 0.29) is 23.8 Å². The fourth-order valence-electron chi connectivity index (χ4n) is 4.68. The van der Waals surface area contributed by atoms with Crippen LogP contribution in [0.1, 0.15) is 36.0 Å². The van der Waals surface area contributed by atoms with Crippen LogP contribution in [0.4, 0.5) is 0 Å². The van der Waals surface area contributed by atoms with Crippen LogP contribution in [0.2, 0.25) is 0 Å². The van der Waals surface area contributed by atoms with Gasteiger partial charge in [-0.15, -0.1) is 0 Å². The van der Waals surface area contributed by atoms with Gasteiger partial charge in [-0.05, 0) is 43.7 Å². The fourth-order valence-corrected chi connectivity index (χ4v) is 4.68. The Bertz CT molecular complexity index is 927. The highest BCUT2D eigenvalue weighted by molar-refractivity contribution is 5.90. The monoisotopic (exact) mass is 448 g/mol. The van der Waals surface area contributed by atoms with Crippen LogP contribution in [0.25, 0.3) is 0 Å². The summed E-state index contributed by atoms with van der Waals surface area (Å²) < 4.78 is 0. The Morgan fingerprint density at radius 2 is 1.79 bits per heavy atom. The highest BCUT2D eigenvalue weighted by Gasteiger charge is 2.45. The number of carbonyl (C=O) groups excluding carboxylic acids is 2. The van der Waals surface area contributed by atoms with E-state index in [0.717, 1.165) is 32.4 Å². The number of nitrogens with zero attached hydrogens (tertiary/aromatic N) is 2. The Balaban J connectivity index is 1.52. The van der Waals surface area contributed by atoms with E-state index >= 15 is 0 Å². The molecule has 6 heteroatoms. The highest BCUT2D eigenvalue weighted by Crippen LogP contribution is 2.35. The van der Waals surface area contributed by atoms with Gasteiger partial charge in [0.05, 0.1) is 0 Å². The molecule has 3 N–H and O–H groups in total. The SMILES string of the molecule is Cc1ccc(CN(CCc2ccccc2)C2CC(C(=O)NCCN)N(C(=O)C3CC3)C2)cc1. The summed E-state index contributed by atoms with van der Waals surface area (Å²) in [5.41, 5.74) is 9.39. The van der Waals surface area contributed by atoms with Crippen molar-refractivity contribution in [3.8, 4) is 0 Å². The third-order valence-electron chi connectivity index (χ3n) is 6.79. The van der Waals surface area contributed by atoms with Crippen molar-refractivity contribution in [1.29, 1.82) is 0 Å². The minimum Gasteiger partial charge on any atom is -0.353 e. The Kier molecular flexibility index (Phi) is 7.78. The van der Waals surface area contributed by atoms with E-state index in [2.05, 4.69) is 65.7 Å². The Labute approximate surface area is 197 Å². The van der Waals surface area contributed by atoms with Crippen molar-refractivity contribution in [3.05, 3.63) is 71.3 Å². The van der Waals surface area contributed by atoms with E-state index in [4.69, 9.17) is 5.73 Å². The maximum Gasteiger partial charge on any atom is 0.242 e. The zero-order valence-electron chi connectivity index (χ0n) is 19.6. The number of aryl methyl sites for hydroxylation is 1. The van der Waals surface area contributed by atoms with Crippen LogP contribution in [0.3, 0.4) is 0 Å². The third-order valence-corrected chi connectivity index (χ3v) is 6.79. The molecule has 176 valence electrons. The Morgan fingerprint density at radius 1 is 1.06 bits per heavy atom. The highest BCUT2D eigenvalue weighted by atomic mass is 16.2. The maximum absolute atomic E-state index is 13.0. The van der Waals surface area contributed by atoms with Gasteiger partial charge in [0.1, 0.15) is 6.04 Å². The second kappa shape index (κ2) is 10.9. The summed E-state index contributed by atoms with van der Waals surface area (Å²) in [4.78, 5) is 30.3. The lowest BCUT2D eigenvalue weighted by atomic mass is 10.1. The van der Waals surface area contributed by atoms with Gasteiger partial charge < -0.3 is 16.0 Å². The molecule has 1 aliphatic heterocycles. The first kappa shape index (κ1) is 23.5. The number of nitrogens with two attached hydrogens (primary N) is 1. The molecule has 2 amide bonds. The average molecular weight is 449 g/mol. The molecule has 2 fully saturated rings. The Morgan fingerprint density at radius 3 is 2.45 bits per heavy atom. The normalized spacial score (nSPS) is 20.3. The topological polar surface area (TPSA) is 78.7 Å². The lowest BCUT2D eigenvalue weighted by Crippen LogP contribution is -2.47. The van der Waals surface area contributed by atoms with Crippen molar-refractivity contribution < 1.29 is 9.59 Å². The summed E-state index contributed by atoms with van der Waals surface area (Å²) in [7, 11) is 0. The molecule has 0 aromatic heterocycles. The predicted octanol–water partition coefficient (Wildman–Crippen LogP) is 2.49. The first-order valence-corrected chi connectivity index (χ1v) is 12.2. The molecule has 2 atom stereocenters. The molecule has 1 heterocycles. The molecule has 2 unspecified atom stereocenters. The zero-order chi connectivity index (χ0) is 23.2. The van der Waals surface area contributed by atoms with Crippen molar-refractivity contribution >= 4 is 11.8 Å². The number of likely N-dealkylation sites (tertiary alicyclic amines) is 1. The van der Waals surface area contributed by atoms with Gasteiger partial charge in [0.2, 0.25) is 11.8 Å². The molecule has 2 aromatic carbocycles. The summed E-state index contributed by atoms with van der Waals surface area (Å²) in [5, 5.41) is 2.92. The van der Waals surface area contributed by atoms with Gasteiger partial charge >= 0.3 is 0 Å². The van der Waals surface area contributed by atoms with Crippen LogP contribution in [0, 0.1) is 12.8 Å². The van der Waals surface area contributed by atoms with Crippen molar-refractivity contribution in [1.82, 2.24) is 15.1 Å². The van der Waals surface area contributed by atoms with Crippen LogP contribution in [-0.4, -0.2) is 59.9 Å². The molecule has 6 nitrogen and oxygen atoms in total. The fraction of sp³-hybridized carbons (Fsp3) is 0.481. The lowest BCUT2D eigenvalue weighted by Gasteiger charge is -2.29. The van der Waals surface area contributed by atoms with Crippen LogP contribution in [0.5, 0.6) is 0 Å². The summed E-state index contributed by atoms with van der Waals surface area (Å²) in [6, 6.07) is 18.9. The summed E-state index contributed by atoms with van der Waals surface area (Å²) in [6.45, 7) is 5.23. The van der Waals surface area contributed by atoms with E-state index in [0.29, 0.717) is 26.1 Å². The maximum atomic E-state index is 13.0. The van der Waals surface area contributed by atoms with Crippen molar-refractivity contribution in [2.75, 3.05) is 26.2 Å². The predicted molar refractivity (Wildman–Crippen MR) is 130 cm³/mol. The average Bonchev–Trinajstić information content (AvgIpc) is 3.60. The molecule has 2 aliphatic rings. The molecule has 1 saturated carbocycles. The van der Waals surface area contributed by atoms with Crippen LogP contribution >= 0.6 is 0 Å². The number of rotatable bonds is 10. The molecule has 0 spiro atoms. The standard InChI is InChI=1S/C27H36N4O2/c1-20-7-9-22(10-8-20)18-30(16-13-21-5-3-2-4-6-21)24-17-25(26(32)29-15-14-28)31(19-24)27(33)23-11-12-23/h2-10,23-25H,11-19,28H2,1H3,(H,29,32). The molecule has 4 rings (SSSR count).